The predicted octanol–water partition coefficient (Wildman–Crippen LogP) is 5.94. The van der Waals surface area contributed by atoms with Crippen LogP contribution < -0.4 is 10.2 Å². The quantitative estimate of drug-likeness (QED) is 0.310. The molecular formula is C23H16Br2ClN3O3. The Bertz CT molecular complexity index is 1310. The molecule has 1 N–H and O–H groups in total. The van der Waals surface area contributed by atoms with Gasteiger partial charge in [-0.3, -0.25) is 14.9 Å². The molecule has 1 aromatic heterocycles. The van der Waals surface area contributed by atoms with E-state index in [1.54, 1.807) is 18.2 Å². The number of amides is 4. The Labute approximate surface area is 206 Å². The zero-order valence-corrected chi connectivity index (χ0v) is 20.9. The number of aromatic nitrogens is 1. The van der Waals surface area contributed by atoms with Crippen molar-refractivity contribution in [2.75, 3.05) is 4.90 Å². The number of carbonyl (C=O) groups is 3. The molecule has 162 valence electrons. The van der Waals surface area contributed by atoms with E-state index in [-0.39, 0.29) is 11.3 Å². The first-order valence-electron chi connectivity index (χ1n) is 9.49. The van der Waals surface area contributed by atoms with Gasteiger partial charge in [-0.05, 0) is 78.3 Å². The summed E-state index contributed by atoms with van der Waals surface area (Å²) in [7, 11) is 0. The van der Waals surface area contributed by atoms with Crippen molar-refractivity contribution in [3.8, 4) is 5.69 Å². The fourth-order valence-electron chi connectivity index (χ4n) is 3.62. The van der Waals surface area contributed by atoms with E-state index in [2.05, 4.69) is 37.2 Å². The van der Waals surface area contributed by atoms with Crippen molar-refractivity contribution in [2.45, 2.75) is 13.8 Å². The van der Waals surface area contributed by atoms with E-state index in [4.69, 9.17) is 11.6 Å². The first kappa shape index (κ1) is 22.5. The minimum absolute atomic E-state index is 0.152. The van der Waals surface area contributed by atoms with Gasteiger partial charge >= 0.3 is 6.03 Å². The fourth-order valence-corrected chi connectivity index (χ4v) is 4.65. The number of nitrogens with zero attached hydrogens (tertiary/aromatic N) is 2. The second-order valence-electron chi connectivity index (χ2n) is 7.15. The van der Waals surface area contributed by atoms with Crippen molar-refractivity contribution >= 4 is 73.1 Å². The molecule has 0 bridgehead atoms. The van der Waals surface area contributed by atoms with Gasteiger partial charge in [-0.1, -0.05) is 33.6 Å². The van der Waals surface area contributed by atoms with Crippen LogP contribution in [0, 0.1) is 13.8 Å². The summed E-state index contributed by atoms with van der Waals surface area (Å²) in [6.07, 6.45) is 1.50. The lowest BCUT2D eigenvalue weighted by Gasteiger charge is -2.26. The van der Waals surface area contributed by atoms with Gasteiger partial charge in [-0.2, -0.15) is 0 Å². The van der Waals surface area contributed by atoms with E-state index in [1.807, 2.05) is 42.7 Å². The molecule has 9 heteroatoms. The van der Waals surface area contributed by atoms with Gasteiger partial charge in [0.2, 0.25) is 0 Å². The number of nitrogens with one attached hydrogen (secondary N) is 1. The lowest BCUT2D eigenvalue weighted by molar-refractivity contribution is -0.122. The van der Waals surface area contributed by atoms with E-state index in [0.29, 0.717) is 10.6 Å². The maximum Gasteiger partial charge on any atom is 0.335 e. The number of carbonyl (C=O) groups excluding carboxylic acids is 3. The molecule has 0 aliphatic carbocycles. The first-order chi connectivity index (χ1) is 15.2. The Morgan fingerprint density at radius 2 is 1.62 bits per heavy atom. The van der Waals surface area contributed by atoms with Gasteiger partial charge in [0.15, 0.2) is 0 Å². The molecule has 1 aliphatic heterocycles. The van der Waals surface area contributed by atoms with E-state index in [1.165, 1.54) is 12.1 Å². The molecule has 32 heavy (non-hydrogen) atoms. The van der Waals surface area contributed by atoms with Crippen LogP contribution in [0.2, 0.25) is 5.02 Å². The van der Waals surface area contributed by atoms with Crippen molar-refractivity contribution in [3.05, 3.63) is 85.0 Å². The highest BCUT2D eigenvalue weighted by atomic mass is 79.9. The third-order valence-electron chi connectivity index (χ3n) is 5.16. The standard InChI is InChI=1S/C23H16Br2ClN3O3/c1-12-18(20(25)13(2)28(12)16-8-6-14(24)7-9-16)11-19-21(30)27-23(32)29(22(19)31)17-5-3-4-15(26)10-17/h3-11H,1-2H3,(H,27,30,32)/b19-11+. The molecule has 6 nitrogen and oxygen atoms in total. The molecule has 0 radical (unpaired) electrons. The topological polar surface area (TPSA) is 71.4 Å². The van der Waals surface area contributed by atoms with Gasteiger partial charge in [0.05, 0.1) is 5.69 Å². The first-order valence-corrected chi connectivity index (χ1v) is 11.5. The van der Waals surface area contributed by atoms with Gasteiger partial charge in [0.25, 0.3) is 11.8 Å². The Hall–Kier alpha value is -2.68. The maximum absolute atomic E-state index is 13.2. The smallest absolute Gasteiger partial charge is 0.317 e. The Morgan fingerprint density at radius 3 is 2.28 bits per heavy atom. The third kappa shape index (κ3) is 3.94. The molecule has 1 aliphatic rings. The van der Waals surface area contributed by atoms with Crippen LogP contribution in [0.5, 0.6) is 0 Å². The van der Waals surface area contributed by atoms with Crippen molar-refractivity contribution in [1.29, 1.82) is 0 Å². The van der Waals surface area contributed by atoms with Crippen LogP contribution in [-0.2, 0) is 9.59 Å². The van der Waals surface area contributed by atoms with Crippen LogP contribution in [0.4, 0.5) is 10.5 Å². The molecule has 2 heterocycles. The van der Waals surface area contributed by atoms with Crippen molar-refractivity contribution < 1.29 is 14.4 Å². The molecule has 3 aromatic rings. The largest absolute Gasteiger partial charge is 0.335 e. The average molecular weight is 578 g/mol. The molecule has 4 rings (SSSR count). The SMILES string of the molecule is Cc1c(Br)c(/C=C2\C(=O)NC(=O)N(c3cccc(Cl)c3)C2=O)c(C)n1-c1ccc(Br)cc1. The number of benzene rings is 2. The number of hydrogen-bond acceptors (Lipinski definition) is 3. The summed E-state index contributed by atoms with van der Waals surface area (Å²) >= 11 is 13.1. The monoisotopic (exact) mass is 575 g/mol. The fraction of sp³-hybridized carbons (Fsp3) is 0.0870. The zero-order valence-electron chi connectivity index (χ0n) is 16.9. The summed E-state index contributed by atoms with van der Waals surface area (Å²) in [4.78, 5) is 39.1. The molecular weight excluding hydrogens is 562 g/mol. The lowest BCUT2D eigenvalue weighted by Crippen LogP contribution is -2.54. The predicted molar refractivity (Wildman–Crippen MR) is 131 cm³/mol. The highest BCUT2D eigenvalue weighted by molar-refractivity contribution is 9.10. The molecule has 0 spiro atoms. The number of barbiturate groups is 1. The van der Waals surface area contributed by atoms with Crippen molar-refractivity contribution in [3.63, 3.8) is 0 Å². The Balaban J connectivity index is 1.81. The number of anilines is 1. The summed E-state index contributed by atoms with van der Waals surface area (Å²) in [6, 6.07) is 13.3. The Morgan fingerprint density at radius 1 is 0.938 bits per heavy atom. The van der Waals surface area contributed by atoms with Crippen LogP contribution in [0.15, 0.2) is 63.0 Å². The van der Waals surface area contributed by atoms with Gasteiger partial charge < -0.3 is 4.57 Å². The summed E-state index contributed by atoms with van der Waals surface area (Å²) in [5.74, 6) is -1.47. The molecule has 0 atom stereocenters. The number of halogens is 3. The second kappa shape index (κ2) is 8.69. The molecule has 1 saturated heterocycles. The van der Waals surface area contributed by atoms with Crippen LogP contribution in [0.1, 0.15) is 17.0 Å². The van der Waals surface area contributed by atoms with E-state index in [9.17, 15) is 14.4 Å². The minimum Gasteiger partial charge on any atom is -0.317 e. The third-order valence-corrected chi connectivity index (χ3v) is 6.92. The lowest BCUT2D eigenvalue weighted by atomic mass is 10.1. The highest BCUT2D eigenvalue weighted by Crippen LogP contribution is 2.33. The van der Waals surface area contributed by atoms with E-state index in [0.717, 1.165) is 30.9 Å². The number of hydrogen-bond donors (Lipinski definition) is 1. The van der Waals surface area contributed by atoms with Crippen LogP contribution in [0.25, 0.3) is 11.8 Å². The summed E-state index contributed by atoms with van der Waals surface area (Å²) in [5.41, 5.74) is 3.46. The van der Waals surface area contributed by atoms with Crippen LogP contribution >= 0.6 is 43.5 Å². The zero-order chi connectivity index (χ0) is 23.2. The number of imide groups is 2. The summed E-state index contributed by atoms with van der Waals surface area (Å²) < 4.78 is 3.73. The van der Waals surface area contributed by atoms with Crippen LogP contribution in [-0.4, -0.2) is 22.4 Å². The molecule has 4 amide bonds. The van der Waals surface area contributed by atoms with Gasteiger partial charge in [0, 0.05) is 36.6 Å². The normalized spacial score (nSPS) is 15.5. The van der Waals surface area contributed by atoms with Gasteiger partial charge in [-0.25, -0.2) is 9.69 Å². The summed E-state index contributed by atoms with van der Waals surface area (Å²) in [5, 5.41) is 2.60. The maximum atomic E-state index is 13.2. The van der Waals surface area contributed by atoms with Crippen molar-refractivity contribution in [2.24, 2.45) is 0 Å². The van der Waals surface area contributed by atoms with Crippen LogP contribution in [0.3, 0.4) is 0 Å². The summed E-state index contributed by atoms with van der Waals surface area (Å²) in [6.45, 7) is 3.84. The molecule has 0 unspecified atom stereocenters. The average Bonchev–Trinajstić information content (AvgIpc) is 2.94. The second-order valence-corrected chi connectivity index (χ2v) is 9.29. The van der Waals surface area contributed by atoms with Gasteiger partial charge in [0.1, 0.15) is 5.57 Å². The number of rotatable bonds is 3. The minimum atomic E-state index is -0.821. The van der Waals surface area contributed by atoms with Crippen molar-refractivity contribution in [1.82, 2.24) is 9.88 Å². The molecule has 0 saturated carbocycles. The number of urea groups is 1. The molecule has 2 aromatic carbocycles. The Kier molecular flexibility index (Phi) is 6.11. The highest BCUT2D eigenvalue weighted by Gasteiger charge is 2.37. The van der Waals surface area contributed by atoms with E-state index >= 15 is 0 Å². The molecule has 1 fully saturated rings. The van der Waals surface area contributed by atoms with E-state index < -0.39 is 17.8 Å². The van der Waals surface area contributed by atoms with Gasteiger partial charge in [-0.15, -0.1) is 0 Å².